The van der Waals surface area contributed by atoms with Crippen molar-refractivity contribution < 1.29 is 0 Å². The topological polar surface area (TPSA) is 30.7 Å². The Morgan fingerprint density at radius 3 is 3.07 bits per heavy atom. The second-order valence-corrected chi connectivity index (χ2v) is 5.93. The predicted octanol–water partition coefficient (Wildman–Crippen LogP) is 2.08. The Morgan fingerprint density at radius 2 is 2.27 bits per heavy atom. The van der Waals surface area contributed by atoms with Crippen LogP contribution in [-0.2, 0) is 13.0 Å². The summed E-state index contributed by atoms with van der Waals surface area (Å²) in [5, 5.41) is 8.77. The van der Waals surface area contributed by atoms with Crippen molar-refractivity contribution in [2.75, 3.05) is 11.5 Å². The van der Waals surface area contributed by atoms with Crippen LogP contribution in [0.3, 0.4) is 0 Å². The molecule has 0 aromatic carbocycles. The highest BCUT2D eigenvalue weighted by molar-refractivity contribution is 7.99. The fourth-order valence-electron chi connectivity index (χ4n) is 2.55. The lowest BCUT2D eigenvalue weighted by Crippen LogP contribution is -2.20. The van der Waals surface area contributed by atoms with Crippen LogP contribution >= 0.6 is 11.8 Å². The van der Waals surface area contributed by atoms with Gasteiger partial charge in [-0.15, -0.1) is 10.2 Å². The van der Waals surface area contributed by atoms with Gasteiger partial charge < -0.3 is 4.57 Å². The second kappa shape index (κ2) is 3.81. The highest BCUT2D eigenvalue weighted by Crippen LogP contribution is 2.33. The van der Waals surface area contributed by atoms with Gasteiger partial charge in [-0.1, -0.05) is 6.92 Å². The summed E-state index contributed by atoms with van der Waals surface area (Å²) in [6, 6.07) is 0. The van der Waals surface area contributed by atoms with Crippen molar-refractivity contribution in [1.82, 2.24) is 14.8 Å². The van der Waals surface area contributed by atoms with E-state index in [1.807, 2.05) is 0 Å². The Hall–Kier alpha value is -0.510. The van der Waals surface area contributed by atoms with Gasteiger partial charge in [0, 0.05) is 24.6 Å². The maximum absolute atomic E-state index is 4.41. The Labute approximate surface area is 94.7 Å². The number of hydrogen-bond donors (Lipinski definition) is 0. The first-order valence-electron chi connectivity index (χ1n) is 5.84. The molecule has 2 atom stereocenters. The van der Waals surface area contributed by atoms with Crippen LogP contribution < -0.4 is 0 Å². The van der Waals surface area contributed by atoms with E-state index in [2.05, 4.69) is 33.5 Å². The lowest BCUT2D eigenvalue weighted by molar-refractivity contribution is 0.398. The van der Waals surface area contributed by atoms with Crippen molar-refractivity contribution in [2.24, 2.45) is 5.92 Å². The first kappa shape index (κ1) is 9.70. The normalized spacial score (nSPS) is 30.5. The molecule has 0 amide bonds. The average Bonchev–Trinajstić information content (AvgIpc) is 2.82. The maximum Gasteiger partial charge on any atom is 0.136 e. The van der Waals surface area contributed by atoms with E-state index < -0.39 is 0 Å². The summed E-state index contributed by atoms with van der Waals surface area (Å²) in [6.45, 7) is 3.45. The molecule has 1 fully saturated rings. The van der Waals surface area contributed by atoms with Gasteiger partial charge in [0.25, 0.3) is 0 Å². The van der Waals surface area contributed by atoms with Gasteiger partial charge in [-0.3, -0.25) is 0 Å². The van der Waals surface area contributed by atoms with Crippen molar-refractivity contribution in [3.05, 3.63) is 11.6 Å². The zero-order valence-corrected chi connectivity index (χ0v) is 9.96. The van der Waals surface area contributed by atoms with Crippen molar-refractivity contribution in [3.63, 3.8) is 0 Å². The van der Waals surface area contributed by atoms with Crippen LogP contribution in [0.15, 0.2) is 0 Å². The number of hydrogen-bond acceptors (Lipinski definition) is 3. The van der Waals surface area contributed by atoms with Gasteiger partial charge in [-0.2, -0.15) is 11.8 Å². The smallest absolute Gasteiger partial charge is 0.136 e. The summed E-state index contributed by atoms with van der Waals surface area (Å²) in [4.78, 5) is 0. The third-order valence-electron chi connectivity index (χ3n) is 3.53. The molecule has 1 aromatic rings. The largest absolute Gasteiger partial charge is 0.315 e. The number of aromatic nitrogens is 3. The first-order chi connectivity index (χ1) is 7.34. The fourth-order valence-corrected chi connectivity index (χ4v) is 3.77. The number of nitrogens with zero attached hydrogens (tertiary/aromatic N) is 3. The fraction of sp³-hybridized carbons (Fsp3) is 0.818. The average molecular weight is 223 g/mol. The van der Waals surface area contributed by atoms with Crippen LogP contribution in [-0.4, -0.2) is 26.3 Å². The van der Waals surface area contributed by atoms with Gasteiger partial charge >= 0.3 is 0 Å². The molecule has 82 valence electrons. The lowest BCUT2D eigenvalue weighted by Gasteiger charge is -2.21. The monoisotopic (exact) mass is 223 g/mol. The van der Waals surface area contributed by atoms with E-state index in [1.165, 1.54) is 36.0 Å². The molecule has 4 heteroatoms. The minimum Gasteiger partial charge on any atom is -0.315 e. The van der Waals surface area contributed by atoms with Gasteiger partial charge in [-0.05, 0) is 24.5 Å². The molecule has 1 saturated heterocycles. The zero-order valence-electron chi connectivity index (χ0n) is 9.15. The summed E-state index contributed by atoms with van der Waals surface area (Å²) in [5.74, 6) is 6.48. The molecule has 0 radical (unpaired) electrons. The van der Waals surface area contributed by atoms with Gasteiger partial charge in [0.15, 0.2) is 0 Å². The molecule has 15 heavy (non-hydrogen) atoms. The van der Waals surface area contributed by atoms with E-state index in [0.717, 1.165) is 18.9 Å². The van der Waals surface area contributed by atoms with Crippen LogP contribution in [0.2, 0.25) is 0 Å². The molecule has 0 spiro atoms. The molecular weight excluding hydrogens is 206 g/mol. The van der Waals surface area contributed by atoms with E-state index >= 15 is 0 Å². The summed E-state index contributed by atoms with van der Waals surface area (Å²) in [6.07, 6.45) is 3.70. The van der Waals surface area contributed by atoms with Gasteiger partial charge in [0.2, 0.25) is 0 Å². The van der Waals surface area contributed by atoms with Crippen molar-refractivity contribution >= 4 is 11.8 Å². The quantitative estimate of drug-likeness (QED) is 0.730. The zero-order chi connectivity index (χ0) is 10.3. The lowest BCUT2D eigenvalue weighted by atomic mass is 9.99. The number of fused-ring (bicyclic) bond motifs is 1. The van der Waals surface area contributed by atoms with Gasteiger partial charge in [0.05, 0.1) is 0 Å². The minimum absolute atomic E-state index is 0.671. The Balaban J connectivity index is 1.90. The molecule has 0 saturated carbocycles. The van der Waals surface area contributed by atoms with Crippen molar-refractivity contribution in [2.45, 2.75) is 38.6 Å². The molecule has 0 bridgehead atoms. The van der Waals surface area contributed by atoms with Crippen LogP contribution in [0.25, 0.3) is 0 Å². The van der Waals surface area contributed by atoms with E-state index in [4.69, 9.17) is 0 Å². The molecule has 3 nitrogen and oxygen atoms in total. The summed E-state index contributed by atoms with van der Waals surface area (Å²) in [5.41, 5.74) is 0. The Kier molecular flexibility index (Phi) is 2.47. The number of rotatable bonds is 1. The van der Waals surface area contributed by atoms with E-state index in [0.29, 0.717) is 5.92 Å². The molecule has 0 aliphatic carbocycles. The maximum atomic E-state index is 4.41. The predicted molar refractivity (Wildman–Crippen MR) is 62.2 cm³/mol. The molecule has 2 aliphatic rings. The molecular formula is C11H17N3S. The van der Waals surface area contributed by atoms with E-state index in [9.17, 15) is 0 Å². The highest BCUT2D eigenvalue weighted by atomic mass is 32.2. The van der Waals surface area contributed by atoms with Crippen LogP contribution in [0.1, 0.15) is 37.3 Å². The Bertz CT molecular complexity index is 355. The van der Waals surface area contributed by atoms with Crippen molar-refractivity contribution in [1.29, 1.82) is 0 Å². The molecule has 2 aliphatic heterocycles. The standard InChI is InChI=1S/C11H17N3S/c1-8-2-4-14-10(6-8)12-13-11(14)9-3-5-15-7-9/h8-9H,2-7H2,1H3. The third-order valence-corrected chi connectivity index (χ3v) is 4.69. The van der Waals surface area contributed by atoms with E-state index in [-0.39, 0.29) is 0 Å². The molecule has 0 N–H and O–H groups in total. The summed E-state index contributed by atoms with van der Waals surface area (Å²) < 4.78 is 2.39. The molecule has 1 aromatic heterocycles. The first-order valence-corrected chi connectivity index (χ1v) is 7.00. The third kappa shape index (κ3) is 1.69. The minimum atomic E-state index is 0.671. The molecule has 3 rings (SSSR count). The number of thioether (sulfide) groups is 1. The summed E-state index contributed by atoms with van der Waals surface area (Å²) >= 11 is 2.05. The SMILES string of the molecule is CC1CCn2c(nnc2C2CCSC2)C1. The highest BCUT2D eigenvalue weighted by Gasteiger charge is 2.27. The van der Waals surface area contributed by atoms with Crippen LogP contribution in [0, 0.1) is 5.92 Å². The van der Waals surface area contributed by atoms with Gasteiger partial charge in [-0.25, -0.2) is 0 Å². The van der Waals surface area contributed by atoms with Crippen molar-refractivity contribution in [3.8, 4) is 0 Å². The van der Waals surface area contributed by atoms with E-state index in [1.54, 1.807) is 0 Å². The van der Waals surface area contributed by atoms with Crippen LogP contribution in [0.5, 0.6) is 0 Å². The second-order valence-electron chi connectivity index (χ2n) is 4.78. The summed E-state index contributed by atoms with van der Waals surface area (Å²) in [7, 11) is 0. The van der Waals surface area contributed by atoms with Gasteiger partial charge in [0.1, 0.15) is 11.6 Å². The molecule has 3 heterocycles. The molecule has 2 unspecified atom stereocenters. The van der Waals surface area contributed by atoms with Crippen LogP contribution in [0.4, 0.5) is 0 Å². The Morgan fingerprint density at radius 1 is 1.33 bits per heavy atom.